The lowest BCUT2D eigenvalue weighted by Crippen LogP contribution is -2.44. The van der Waals surface area contributed by atoms with Crippen molar-refractivity contribution in [3.8, 4) is 0 Å². The van der Waals surface area contributed by atoms with Crippen LogP contribution in [0.2, 0.25) is 0 Å². The van der Waals surface area contributed by atoms with E-state index in [2.05, 4.69) is 0 Å². The highest BCUT2D eigenvalue weighted by atomic mass is 32.2. The van der Waals surface area contributed by atoms with Gasteiger partial charge in [-0.05, 0) is 38.8 Å². The smallest absolute Gasteiger partial charge is 0.310 e. The molecule has 1 atom stereocenters. The van der Waals surface area contributed by atoms with Crippen molar-refractivity contribution in [1.29, 1.82) is 0 Å². The van der Waals surface area contributed by atoms with E-state index >= 15 is 0 Å². The summed E-state index contributed by atoms with van der Waals surface area (Å²) in [6, 6.07) is -1.71. The number of nitrogens with zero attached hydrogens (tertiary/aromatic N) is 1. The third-order valence-electron chi connectivity index (χ3n) is 1.87. The second-order valence-electron chi connectivity index (χ2n) is 4.61. The number of alkyl halides is 3. The van der Waals surface area contributed by atoms with Gasteiger partial charge in [-0.25, -0.2) is 0 Å². The Morgan fingerprint density at radius 3 is 2.38 bits per heavy atom. The zero-order valence-corrected chi connectivity index (χ0v) is 10.2. The average Bonchev–Trinajstić information content (AvgIpc) is 2.04. The second-order valence-corrected chi connectivity index (χ2v) is 6.44. The maximum atomic E-state index is 12.7. The minimum absolute atomic E-state index is 0.325. The Morgan fingerprint density at radius 2 is 1.94 bits per heavy atom. The predicted octanol–water partition coefficient (Wildman–Crippen LogP) is 3.15. The first kappa shape index (κ1) is 13.4. The lowest BCUT2D eigenvalue weighted by atomic mass is 10.1. The van der Waals surface area contributed by atoms with Gasteiger partial charge in [0.05, 0.1) is 0 Å². The molecule has 0 bridgehead atoms. The van der Waals surface area contributed by atoms with Crippen molar-refractivity contribution in [1.82, 2.24) is 4.31 Å². The lowest BCUT2D eigenvalue weighted by molar-refractivity contribution is -0.170. The Bertz CT molecular complexity index is 306. The number of hydrogen-bond donors (Lipinski definition) is 0. The molecule has 1 heterocycles. The molecule has 0 N–H and O–H groups in total. The minimum Gasteiger partial charge on any atom is -0.310 e. The Kier molecular flexibility index (Phi) is 3.62. The molecule has 1 rings (SSSR count). The molecule has 1 aliphatic heterocycles. The standard InChI is InChI=1S/C10H14F3NOS/c1-9(2,3)16-14-5-4-7(15)6-8(14)10(11,12)13/h4-5,8H,6H2,1-3H3. The van der Waals surface area contributed by atoms with Crippen LogP contribution in [0.25, 0.3) is 0 Å². The molecule has 0 spiro atoms. The van der Waals surface area contributed by atoms with Crippen LogP contribution in [0.4, 0.5) is 13.2 Å². The summed E-state index contributed by atoms with van der Waals surface area (Å²) in [5.74, 6) is -0.479. The molecule has 0 aromatic rings. The summed E-state index contributed by atoms with van der Waals surface area (Å²) in [6.07, 6.45) is -2.46. The van der Waals surface area contributed by atoms with E-state index in [1.54, 1.807) is 0 Å². The highest BCUT2D eigenvalue weighted by molar-refractivity contribution is 7.98. The van der Waals surface area contributed by atoms with Gasteiger partial charge in [0, 0.05) is 17.4 Å². The summed E-state index contributed by atoms with van der Waals surface area (Å²) in [4.78, 5) is 11.0. The van der Waals surface area contributed by atoms with E-state index in [1.807, 2.05) is 20.8 Å². The van der Waals surface area contributed by atoms with Crippen molar-refractivity contribution < 1.29 is 18.0 Å². The highest BCUT2D eigenvalue weighted by Gasteiger charge is 2.46. The Labute approximate surface area is 97.0 Å². The molecule has 0 fully saturated rings. The van der Waals surface area contributed by atoms with Gasteiger partial charge in [0.15, 0.2) is 5.78 Å². The van der Waals surface area contributed by atoms with Crippen LogP contribution < -0.4 is 0 Å². The van der Waals surface area contributed by atoms with E-state index in [0.717, 1.165) is 16.3 Å². The molecule has 0 saturated carbocycles. The molecule has 0 amide bonds. The first-order chi connectivity index (χ1) is 7.09. The van der Waals surface area contributed by atoms with Gasteiger partial charge >= 0.3 is 6.18 Å². The molecular formula is C10H14F3NOS. The van der Waals surface area contributed by atoms with Gasteiger partial charge in [-0.15, -0.1) is 0 Å². The molecule has 6 heteroatoms. The predicted molar refractivity (Wildman–Crippen MR) is 57.8 cm³/mol. The molecule has 92 valence electrons. The summed E-state index contributed by atoms with van der Waals surface area (Å²) < 4.78 is 38.9. The number of allylic oxidation sites excluding steroid dienone is 1. The van der Waals surface area contributed by atoms with Gasteiger partial charge < -0.3 is 4.31 Å². The molecule has 0 saturated heterocycles. The fourth-order valence-corrected chi connectivity index (χ4v) is 2.35. The fraction of sp³-hybridized carbons (Fsp3) is 0.700. The van der Waals surface area contributed by atoms with E-state index in [-0.39, 0.29) is 4.75 Å². The van der Waals surface area contributed by atoms with Gasteiger partial charge in [-0.2, -0.15) is 13.2 Å². The van der Waals surface area contributed by atoms with E-state index in [4.69, 9.17) is 0 Å². The van der Waals surface area contributed by atoms with Crippen LogP contribution in [-0.4, -0.2) is 27.1 Å². The lowest BCUT2D eigenvalue weighted by Gasteiger charge is -2.36. The largest absolute Gasteiger partial charge is 0.410 e. The topological polar surface area (TPSA) is 20.3 Å². The van der Waals surface area contributed by atoms with E-state index in [1.165, 1.54) is 12.3 Å². The molecule has 16 heavy (non-hydrogen) atoms. The van der Waals surface area contributed by atoms with Crippen LogP contribution in [0, 0.1) is 0 Å². The Hall–Kier alpha value is -0.650. The van der Waals surface area contributed by atoms with Gasteiger partial charge in [0.1, 0.15) is 6.04 Å². The number of ketones is 1. The molecular weight excluding hydrogens is 239 g/mol. The van der Waals surface area contributed by atoms with Crippen molar-refractivity contribution in [2.75, 3.05) is 0 Å². The van der Waals surface area contributed by atoms with Gasteiger partial charge in [0.25, 0.3) is 0 Å². The average molecular weight is 253 g/mol. The zero-order valence-electron chi connectivity index (χ0n) is 9.34. The first-order valence-corrected chi connectivity index (χ1v) is 5.62. The molecule has 2 nitrogen and oxygen atoms in total. The van der Waals surface area contributed by atoms with E-state index in [9.17, 15) is 18.0 Å². The van der Waals surface area contributed by atoms with Crippen molar-refractivity contribution in [2.24, 2.45) is 0 Å². The number of rotatable bonds is 1. The van der Waals surface area contributed by atoms with Crippen LogP contribution in [-0.2, 0) is 4.79 Å². The van der Waals surface area contributed by atoms with Crippen LogP contribution in [0.5, 0.6) is 0 Å². The quantitative estimate of drug-likeness (QED) is 0.669. The van der Waals surface area contributed by atoms with Gasteiger partial charge in [-0.1, -0.05) is 0 Å². The monoisotopic (exact) mass is 253 g/mol. The second kappa shape index (κ2) is 4.31. The summed E-state index contributed by atoms with van der Waals surface area (Å²) in [7, 11) is 0. The highest BCUT2D eigenvalue weighted by Crippen LogP contribution is 2.38. The summed E-state index contributed by atoms with van der Waals surface area (Å²) in [5.41, 5.74) is 0. The third-order valence-corrected chi connectivity index (χ3v) is 3.00. The maximum absolute atomic E-state index is 12.7. The van der Waals surface area contributed by atoms with E-state index < -0.39 is 24.4 Å². The summed E-state index contributed by atoms with van der Waals surface area (Å²) in [6.45, 7) is 5.49. The first-order valence-electron chi connectivity index (χ1n) is 4.85. The molecule has 1 aliphatic rings. The molecule has 0 aromatic carbocycles. The zero-order chi connectivity index (χ0) is 12.6. The maximum Gasteiger partial charge on any atom is 0.410 e. The molecule has 0 aliphatic carbocycles. The SMILES string of the molecule is CC(C)(C)SN1C=CC(=O)CC1C(F)(F)F. The van der Waals surface area contributed by atoms with Crippen LogP contribution >= 0.6 is 11.9 Å². The molecule has 0 radical (unpaired) electrons. The normalized spacial score (nSPS) is 22.8. The number of carbonyl (C=O) groups excluding carboxylic acids is 1. The third kappa shape index (κ3) is 3.73. The number of halogens is 3. The minimum atomic E-state index is -4.38. The summed E-state index contributed by atoms with van der Waals surface area (Å²) in [5, 5.41) is 0. The van der Waals surface area contributed by atoms with Crippen molar-refractivity contribution >= 4 is 17.7 Å². The van der Waals surface area contributed by atoms with Crippen molar-refractivity contribution in [3.05, 3.63) is 12.3 Å². The molecule has 1 unspecified atom stereocenters. The van der Waals surface area contributed by atoms with Crippen LogP contribution in [0.3, 0.4) is 0 Å². The fourth-order valence-electron chi connectivity index (χ4n) is 1.28. The molecule has 0 aromatic heterocycles. The van der Waals surface area contributed by atoms with Crippen molar-refractivity contribution in [3.63, 3.8) is 0 Å². The summed E-state index contributed by atoms with van der Waals surface area (Å²) >= 11 is 1.09. The number of carbonyl (C=O) groups is 1. The van der Waals surface area contributed by atoms with Crippen LogP contribution in [0.1, 0.15) is 27.2 Å². The van der Waals surface area contributed by atoms with E-state index in [0.29, 0.717) is 0 Å². The van der Waals surface area contributed by atoms with Gasteiger partial charge in [-0.3, -0.25) is 4.79 Å². The van der Waals surface area contributed by atoms with Gasteiger partial charge in [0.2, 0.25) is 0 Å². The Balaban J connectivity index is 2.87. The van der Waals surface area contributed by atoms with Crippen LogP contribution in [0.15, 0.2) is 12.3 Å². The Morgan fingerprint density at radius 1 is 1.38 bits per heavy atom. The van der Waals surface area contributed by atoms with Crippen molar-refractivity contribution in [2.45, 2.75) is 44.2 Å². The number of hydrogen-bond acceptors (Lipinski definition) is 3.